The van der Waals surface area contributed by atoms with Crippen LogP contribution in [-0.4, -0.2) is 60.6 Å². The molecule has 0 radical (unpaired) electrons. The van der Waals surface area contributed by atoms with Crippen LogP contribution in [0.5, 0.6) is 0 Å². The van der Waals surface area contributed by atoms with Crippen molar-refractivity contribution >= 4 is 28.8 Å². The van der Waals surface area contributed by atoms with Gasteiger partial charge in [0.25, 0.3) is 5.91 Å². The maximum absolute atomic E-state index is 14.4. The Bertz CT molecular complexity index is 1260. The summed E-state index contributed by atoms with van der Waals surface area (Å²) >= 11 is 6.03. The fraction of sp³-hybridized carbons (Fsp3) is 0.538. The van der Waals surface area contributed by atoms with Crippen LogP contribution in [0.15, 0.2) is 30.7 Å². The Balaban J connectivity index is 1.61. The second-order valence-corrected chi connectivity index (χ2v) is 11.2. The van der Waals surface area contributed by atoms with Crippen molar-refractivity contribution in [2.75, 3.05) is 11.9 Å². The first-order chi connectivity index (χ1) is 17.3. The topological polar surface area (TPSA) is 104 Å². The van der Waals surface area contributed by atoms with Crippen LogP contribution in [0.2, 0.25) is 5.02 Å². The van der Waals surface area contributed by atoms with E-state index in [2.05, 4.69) is 25.7 Å². The van der Waals surface area contributed by atoms with E-state index < -0.39 is 23.3 Å². The maximum atomic E-state index is 14.4. The summed E-state index contributed by atoms with van der Waals surface area (Å²) < 4.78 is 30.3. The Kier molecular flexibility index (Phi) is 7.71. The SMILES string of the molecule is CC(C)(F)C1CCC(Nc2cc(-c3cnc4cc(Cl)cnn34)ncc2C(=O)NC[C@@H](F)C(C)(C)O)CC1. The predicted molar refractivity (Wildman–Crippen MR) is 139 cm³/mol. The van der Waals surface area contributed by atoms with Gasteiger partial charge < -0.3 is 15.7 Å². The number of amides is 1. The van der Waals surface area contributed by atoms with Crippen LogP contribution < -0.4 is 10.6 Å². The molecule has 0 bridgehead atoms. The summed E-state index contributed by atoms with van der Waals surface area (Å²) in [6.07, 6.45) is 5.86. The summed E-state index contributed by atoms with van der Waals surface area (Å²) in [6, 6.07) is 3.45. The predicted octanol–water partition coefficient (Wildman–Crippen LogP) is 5.00. The lowest BCUT2D eigenvalue weighted by atomic mass is 9.78. The lowest BCUT2D eigenvalue weighted by molar-refractivity contribution is -0.00177. The minimum Gasteiger partial charge on any atom is -0.387 e. The zero-order valence-electron chi connectivity index (χ0n) is 21.4. The first-order valence-electron chi connectivity index (χ1n) is 12.4. The van der Waals surface area contributed by atoms with Crippen molar-refractivity contribution in [1.82, 2.24) is 24.9 Å². The molecule has 1 amide bonds. The second kappa shape index (κ2) is 10.5. The number of alkyl halides is 2. The number of nitrogens with one attached hydrogen (secondary N) is 2. The van der Waals surface area contributed by atoms with Crippen LogP contribution in [-0.2, 0) is 0 Å². The molecule has 11 heteroatoms. The number of imidazole rings is 1. The van der Waals surface area contributed by atoms with Crippen molar-refractivity contribution in [3.05, 3.63) is 41.3 Å². The largest absolute Gasteiger partial charge is 0.387 e. The van der Waals surface area contributed by atoms with Crippen LogP contribution in [0.3, 0.4) is 0 Å². The Morgan fingerprint density at radius 2 is 1.86 bits per heavy atom. The number of rotatable bonds is 8. The fourth-order valence-corrected chi connectivity index (χ4v) is 4.74. The second-order valence-electron chi connectivity index (χ2n) is 10.8. The van der Waals surface area contributed by atoms with E-state index in [1.807, 2.05) is 0 Å². The number of fused-ring (bicyclic) bond motifs is 1. The van der Waals surface area contributed by atoms with E-state index in [1.165, 1.54) is 26.2 Å². The molecule has 37 heavy (non-hydrogen) atoms. The number of hydrogen-bond acceptors (Lipinski definition) is 6. The third-order valence-corrected chi connectivity index (χ3v) is 7.21. The number of hydrogen-bond donors (Lipinski definition) is 3. The number of nitrogens with zero attached hydrogens (tertiary/aromatic N) is 4. The summed E-state index contributed by atoms with van der Waals surface area (Å²) in [4.78, 5) is 21.8. The highest BCUT2D eigenvalue weighted by molar-refractivity contribution is 6.30. The molecule has 1 atom stereocenters. The standard InChI is InChI=1S/C26H33ClF2N6O2/c1-25(2,29)15-5-7-17(8-6-15)34-19-10-20(21-13-31-23-9-16(27)11-33-35(21)23)30-12-18(19)24(36)32-14-22(28)26(3,4)37/h9-13,15,17,22,37H,5-8,14H2,1-4H3,(H,30,34)(H,32,36)/t15?,17?,22-/m1/s1. The van der Waals surface area contributed by atoms with E-state index in [0.717, 1.165) is 25.7 Å². The molecule has 3 heterocycles. The van der Waals surface area contributed by atoms with Gasteiger partial charge in [-0.15, -0.1) is 0 Å². The highest BCUT2D eigenvalue weighted by Crippen LogP contribution is 2.36. The Labute approximate surface area is 219 Å². The van der Waals surface area contributed by atoms with E-state index in [0.29, 0.717) is 27.7 Å². The average Bonchev–Trinajstić information content (AvgIpc) is 3.24. The first kappa shape index (κ1) is 27.2. The first-order valence-corrected chi connectivity index (χ1v) is 12.8. The van der Waals surface area contributed by atoms with E-state index in [1.54, 1.807) is 36.7 Å². The summed E-state index contributed by atoms with van der Waals surface area (Å²) in [5, 5.41) is 20.6. The number of aromatic nitrogens is 4. The van der Waals surface area contributed by atoms with Crippen LogP contribution in [0, 0.1) is 5.92 Å². The van der Waals surface area contributed by atoms with Gasteiger partial charge in [-0.05, 0) is 65.4 Å². The molecule has 200 valence electrons. The Morgan fingerprint density at radius 3 is 2.51 bits per heavy atom. The molecule has 8 nitrogen and oxygen atoms in total. The van der Waals surface area contributed by atoms with Crippen molar-refractivity contribution in [3.63, 3.8) is 0 Å². The molecule has 1 aliphatic carbocycles. The Morgan fingerprint density at radius 1 is 1.16 bits per heavy atom. The van der Waals surface area contributed by atoms with Gasteiger partial charge in [0.05, 0.1) is 46.5 Å². The molecule has 3 aromatic rings. The lowest BCUT2D eigenvalue weighted by Gasteiger charge is -2.35. The van der Waals surface area contributed by atoms with Gasteiger partial charge in [0.15, 0.2) is 5.65 Å². The number of aliphatic hydroxyl groups is 1. The quantitative estimate of drug-likeness (QED) is 0.375. The van der Waals surface area contributed by atoms with Crippen LogP contribution in [0.25, 0.3) is 17.0 Å². The third kappa shape index (κ3) is 6.35. The zero-order valence-corrected chi connectivity index (χ0v) is 22.2. The van der Waals surface area contributed by atoms with Gasteiger partial charge in [-0.2, -0.15) is 5.10 Å². The normalized spacial score (nSPS) is 19.6. The minimum absolute atomic E-state index is 0.0132. The molecule has 3 aromatic heterocycles. The minimum atomic E-state index is -1.64. The summed E-state index contributed by atoms with van der Waals surface area (Å²) in [7, 11) is 0. The monoisotopic (exact) mass is 534 g/mol. The van der Waals surface area contributed by atoms with Gasteiger partial charge in [0.1, 0.15) is 17.5 Å². The number of halogens is 3. The van der Waals surface area contributed by atoms with Crippen molar-refractivity contribution in [2.24, 2.45) is 5.92 Å². The van der Waals surface area contributed by atoms with E-state index >= 15 is 0 Å². The molecule has 1 aliphatic rings. The van der Waals surface area contributed by atoms with Crippen LogP contribution in [0.1, 0.15) is 63.7 Å². The van der Waals surface area contributed by atoms with E-state index in [4.69, 9.17) is 11.6 Å². The van der Waals surface area contributed by atoms with Gasteiger partial charge in [-0.3, -0.25) is 9.78 Å². The molecule has 0 saturated heterocycles. The summed E-state index contributed by atoms with van der Waals surface area (Å²) in [6.45, 7) is 5.58. The molecule has 3 N–H and O–H groups in total. The van der Waals surface area contributed by atoms with Crippen molar-refractivity contribution in [2.45, 2.75) is 76.9 Å². The van der Waals surface area contributed by atoms with Crippen molar-refractivity contribution in [3.8, 4) is 11.4 Å². The fourth-order valence-electron chi connectivity index (χ4n) is 4.60. The molecular weight excluding hydrogens is 502 g/mol. The summed E-state index contributed by atoms with van der Waals surface area (Å²) in [5.74, 6) is -0.532. The molecule has 0 aliphatic heterocycles. The van der Waals surface area contributed by atoms with E-state index in [-0.39, 0.29) is 24.1 Å². The van der Waals surface area contributed by atoms with Gasteiger partial charge in [-0.25, -0.2) is 18.3 Å². The van der Waals surface area contributed by atoms with Gasteiger partial charge in [0, 0.05) is 18.3 Å². The van der Waals surface area contributed by atoms with E-state index in [9.17, 15) is 18.7 Å². The van der Waals surface area contributed by atoms with Crippen LogP contribution >= 0.6 is 11.6 Å². The van der Waals surface area contributed by atoms with Gasteiger partial charge >= 0.3 is 0 Å². The molecular formula is C26H33ClF2N6O2. The van der Waals surface area contributed by atoms with Crippen molar-refractivity contribution < 1.29 is 18.7 Å². The van der Waals surface area contributed by atoms with Crippen LogP contribution in [0.4, 0.5) is 14.5 Å². The molecule has 0 unspecified atom stereocenters. The average molecular weight is 535 g/mol. The summed E-state index contributed by atoms with van der Waals surface area (Å²) in [5.41, 5.74) is -0.374. The number of anilines is 1. The molecule has 1 fully saturated rings. The molecule has 0 spiro atoms. The van der Waals surface area contributed by atoms with Gasteiger partial charge in [-0.1, -0.05) is 11.6 Å². The lowest BCUT2D eigenvalue weighted by Crippen LogP contribution is -2.42. The highest BCUT2D eigenvalue weighted by atomic mass is 35.5. The highest BCUT2D eigenvalue weighted by Gasteiger charge is 2.33. The number of pyridine rings is 1. The smallest absolute Gasteiger partial charge is 0.255 e. The number of carbonyl (C=O) groups is 1. The van der Waals surface area contributed by atoms with Crippen molar-refractivity contribution in [1.29, 1.82) is 0 Å². The number of carbonyl (C=O) groups excluding carboxylic acids is 1. The Hall–Kier alpha value is -2.85. The molecule has 4 rings (SSSR count). The molecule has 0 aromatic carbocycles. The zero-order chi connectivity index (χ0) is 27.0. The molecule has 1 saturated carbocycles. The third-order valence-electron chi connectivity index (χ3n) is 7.00. The maximum Gasteiger partial charge on any atom is 0.255 e. The van der Waals surface area contributed by atoms with Gasteiger partial charge in [0.2, 0.25) is 0 Å².